The van der Waals surface area contributed by atoms with Gasteiger partial charge in [-0.25, -0.2) is 8.78 Å². The molecule has 4 heteroatoms. The molecule has 1 aliphatic rings. The van der Waals surface area contributed by atoms with Crippen molar-refractivity contribution in [3.8, 4) is 11.5 Å². The summed E-state index contributed by atoms with van der Waals surface area (Å²) in [6, 6.07) is 9.31. The van der Waals surface area contributed by atoms with Crippen LogP contribution in [0.25, 0.3) is 12.2 Å². The van der Waals surface area contributed by atoms with Gasteiger partial charge in [0.2, 0.25) is 0 Å². The SMILES string of the molecule is COc1ccc(/C=C/c2c(F)cccc2F)cc1OC1CCCC1. The molecule has 3 rings (SSSR count). The minimum atomic E-state index is -0.581. The molecular weight excluding hydrogens is 310 g/mol. The van der Waals surface area contributed by atoms with E-state index in [9.17, 15) is 8.78 Å². The lowest BCUT2D eigenvalue weighted by atomic mass is 10.1. The van der Waals surface area contributed by atoms with Crippen molar-refractivity contribution in [2.24, 2.45) is 0 Å². The second-order valence-corrected chi connectivity index (χ2v) is 5.90. The van der Waals surface area contributed by atoms with Crippen molar-refractivity contribution in [3.05, 3.63) is 59.2 Å². The van der Waals surface area contributed by atoms with E-state index < -0.39 is 11.6 Å². The number of benzene rings is 2. The van der Waals surface area contributed by atoms with Gasteiger partial charge < -0.3 is 9.47 Å². The first kappa shape index (κ1) is 16.5. The van der Waals surface area contributed by atoms with Crippen molar-refractivity contribution in [2.45, 2.75) is 31.8 Å². The minimum Gasteiger partial charge on any atom is -0.493 e. The van der Waals surface area contributed by atoms with E-state index in [4.69, 9.17) is 9.47 Å². The fraction of sp³-hybridized carbons (Fsp3) is 0.300. The summed E-state index contributed by atoms with van der Waals surface area (Å²) in [4.78, 5) is 0. The first-order chi connectivity index (χ1) is 11.7. The van der Waals surface area contributed by atoms with E-state index in [1.165, 1.54) is 37.1 Å². The highest BCUT2D eigenvalue weighted by atomic mass is 19.1. The maximum Gasteiger partial charge on any atom is 0.162 e. The molecule has 2 nitrogen and oxygen atoms in total. The zero-order chi connectivity index (χ0) is 16.9. The average molecular weight is 330 g/mol. The smallest absolute Gasteiger partial charge is 0.162 e. The third-order valence-corrected chi connectivity index (χ3v) is 4.23. The van der Waals surface area contributed by atoms with Crippen LogP contribution in [0.2, 0.25) is 0 Å². The van der Waals surface area contributed by atoms with Gasteiger partial charge in [-0.1, -0.05) is 18.2 Å². The van der Waals surface area contributed by atoms with Crippen molar-refractivity contribution >= 4 is 12.2 Å². The van der Waals surface area contributed by atoms with Crippen molar-refractivity contribution in [2.75, 3.05) is 7.11 Å². The highest BCUT2D eigenvalue weighted by molar-refractivity contribution is 5.71. The molecule has 0 bridgehead atoms. The largest absolute Gasteiger partial charge is 0.493 e. The number of rotatable bonds is 5. The number of ether oxygens (including phenoxy) is 2. The summed E-state index contributed by atoms with van der Waals surface area (Å²) in [6.07, 6.45) is 7.77. The molecule has 0 atom stereocenters. The fourth-order valence-corrected chi connectivity index (χ4v) is 2.92. The monoisotopic (exact) mass is 330 g/mol. The Bertz CT molecular complexity index is 714. The van der Waals surface area contributed by atoms with Crippen molar-refractivity contribution in [1.29, 1.82) is 0 Å². The molecule has 2 aromatic rings. The van der Waals surface area contributed by atoms with Crippen LogP contribution in [0, 0.1) is 11.6 Å². The lowest BCUT2D eigenvalue weighted by Crippen LogP contribution is -2.11. The second kappa shape index (κ2) is 7.47. The van der Waals surface area contributed by atoms with Crippen LogP contribution in [0.3, 0.4) is 0 Å². The van der Waals surface area contributed by atoms with Gasteiger partial charge in [0, 0.05) is 5.56 Å². The van der Waals surface area contributed by atoms with Crippen LogP contribution in [0.4, 0.5) is 8.78 Å². The zero-order valence-corrected chi connectivity index (χ0v) is 13.6. The fourth-order valence-electron chi connectivity index (χ4n) is 2.92. The van der Waals surface area contributed by atoms with Gasteiger partial charge in [0.15, 0.2) is 11.5 Å². The maximum absolute atomic E-state index is 13.7. The molecule has 0 aliphatic heterocycles. The Morgan fingerprint density at radius 2 is 1.67 bits per heavy atom. The van der Waals surface area contributed by atoms with Crippen LogP contribution in [-0.4, -0.2) is 13.2 Å². The first-order valence-corrected chi connectivity index (χ1v) is 8.14. The molecule has 1 saturated carbocycles. The molecule has 1 fully saturated rings. The molecular formula is C20H20F2O2. The summed E-state index contributed by atoms with van der Waals surface area (Å²) in [5.41, 5.74) is 0.748. The summed E-state index contributed by atoms with van der Waals surface area (Å²) in [7, 11) is 1.60. The Balaban J connectivity index is 1.84. The lowest BCUT2D eigenvalue weighted by Gasteiger charge is -2.16. The van der Waals surface area contributed by atoms with E-state index in [0.717, 1.165) is 18.4 Å². The third-order valence-electron chi connectivity index (χ3n) is 4.23. The highest BCUT2D eigenvalue weighted by Crippen LogP contribution is 2.33. The predicted octanol–water partition coefficient (Wildman–Crippen LogP) is 5.47. The Hall–Kier alpha value is -2.36. The molecule has 1 aliphatic carbocycles. The van der Waals surface area contributed by atoms with E-state index in [0.29, 0.717) is 11.5 Å². The molecule has 0 amide bonds. The summed E-state index contributed by atoms with van der Waals surface area (Å²) >= 11 is 0. The second-order valence-electron chi connectivity index (χ2n) is 5.90. The van der Waals surface area contributed by atoms with Crippen molar-refractivity contribution in [3.63, 3.8) is 0 Å². The van der Waals surface area contributed by atoms with Crippen LogP contribution in [0.1, 0.15) is 36.8 Å². The topological polar surface area (TPSA) is 18.5 Å². The van der Waals surface area contributed by atoms with Crippen molar-refractivity contribution in [1.82, 2.24) is 0 Å². The molecule has 24 heavy (non-hydrogen) atoms. The van der Waals surface area contributed by atoms with E-state index in [1.54, 1.807) is 13.2 Å². The molecule has 0 unspecified atom stereocenters. The standard InChI is InChI=1S/C20H20F2O2/c1-23-19-12-10-14(13-20(19)24-15-5-2-3-6-15)9-11-16-17(21)7-4-8-18(16)22/h4,7-13,15H,2-3,5-6H2,1H3/b11-9+. The van der Waals surface area contributed by atoms with Gasteiger partial charge in [0.05, 0.1) is 13.2 Å². The number of halogens is 2. The molecule has 2 aromatic carbocycles. The van der Waals surface area contributed by atoms with Gasteiger partial charge >= 0.3 is 0 Å². The van der Waals surface area contributed by atoms with E-state index in [1.807, 2.05) is 18.2 Å². The molecule has 0 radical (unpaired) electrons. The lowest BCUT2D eigenvalue weighted by molar-refractivity contribution is 0.201. The summed E-state index contributed by atoms with van der Waals surface area (Å²) < 4.78 is 38.7. The van der Waals surface area contributed by atoms with Gasteiger partial charge in [-0.2, -0.15) is 0 Å². The van der Waals surface area contributed by atoms with Gasteiger partial charge in [0.25, 0.3) is 0 Å². The molecule has 0 spiro atoms. The van der Waals surface area contributed by atoms with E-state index in [2.05, 4.69) is 0 Å². The predicted molar refractivity (Wildman–Crippen MR) is 91.2 cm³/mol. The molecule has 126 valence electrons. The van der Waals surface area contributed by atoms with E-state index in [-0.39, 0.29) is 11.7 Å². The summed E-state index contributed by atoms with van der Waals surface area (Å²) in [5, 5.41) is 0. The third kappa shape index (κ3) is 3.75. The van der Waals surface area contributed by atoms with Gasteiger partial charge in [0.1, 0.15) is 11.6 Å². The minimum absolute atomic E-state index is 0.0495. The van der Waals surface area contributed by atoms with Crippen LogP contribution < -0.4 is 9.47 Å². The quantitative estimate of drug-likeness (QED) is 0.677. The Morgan fingerprint density at radius 1 is 0.958 bits per heavy atom. The maximum atomic E-state index is 13.7. The highest BCUT2D eigenvalue weighted by Gasteiger charge is 2.18. The van der Waals surface area contributed by atoms with Gasteiger partial charge in [-0.05, 0) is 61.6 Å². The van der Waals surface area contributed by atoms with E-state index >= 15 is 0 Å². The number of methoxy groups -OCH3 is 1. The average Bonchev–Trinajstić information content (AvgIpc) is 3.08. The Kier molecular flexibility index (Phi) is 5.14. The summed E-state index contributed by atoms with van der Waals surface area (Å²) in [6.45, 7) is 0. The van der Waals surface area contributed by atoms with Crippen LogP contribution in [-0.2, 0) is 0 Å². The van der Waals surface area contributed by atoms with Gasteiger partial charge in [-0.3, -0.25) is 0 Å². The molecule has 0 heterocycles. The Labute approximate surface area is 140 Å². The van der Waals surface area contributed by atoms with Crippen molar-refractivity contribution < 1.29 is 18.3 Å². The van der Waals surface area contributed by atoms with Gasteiger partial charge in [-0.15, -0.1) is 0 Å². The van der Waals surface area contributed by atoms with Crippen LogP contribution >= 0.6 is 0 Å². The molecule has 0 aromatic heterocycles. The normalized spacial score (nSPS) is 15.1. The number of hydrogen-bond donors (Lipinski definition) is 0. The summed E-state index contributed by atoms with van der Waals surface area (Å²) in [5.74, 6) is 0.168. The van der Waals surface area contributed by atoms with Crippen LogP contribution in [0.15, 0.2) is 36.4 Å². The first-order valence-electron chi connectivity index (χ1n) is 8.14. The molecule has 0 saturated heterocycles. The zero-order valence-electron chi connectivity index (χ0n) is 13.6. The van der Waals surface area contributed by atoms with Crippen LogP contribution in [0.5, 0.6) is 11.5 Å². The Morgan fingerprint density at radius 3 is 2.33 bits per heavy atom. The molecule has 0 N–H and O–H groups in total. The number of hydrogen-bond acceptors (Lipinski definition) is 2.